The van der Waals surface area contributed by atoms with Gasteiger partial charge in [-0.25, -0.2) is 11.8 Å². The van der Waals surface area contributed by atoms with E-state index in [4.69, 9.17) is 11.8 Å². The molecule has 0 aliphatic carbocycles. The average Bonchev–Trinajstić information content (AvgIpc) is 1.62. The van der Waals surface area contributed by atoms with E-state index in [-0.39, 0.29) is 29.6 Å². The quantitative estimate of drug-likeness (QED) is 0.462. The van der Waals surface area contributed by atoms with Crippen LogP contribution in [0.1, 0.15) is 20.8 Å². The molecule has 10 heavy (non-hydrogen) atoms. The minimum Gasteiger partial charge on any atom is -0.534 e. The summed E-state index contributed by atoms with van der Waals surface area (Å²) in [5, 5.41) is 0. The van der Waals surface area contributed by atoms with E-state index in [0.717, 1.165) is 0 Å². The number of amides is 1. The molecule has 0 saturated carbocycles. The van der Waals surface area contributed by atoms with Gasteiger partial charge >= 0.3 is 29.6 Å². The SMILES string of the molecule is CC(C)(C)OC(=O)[N-]Cl.[Na+]. The standard InChI is InChI=1S/C5H10ClNO2.Na/c1-5(2,3)9-4(8)7-6;/h1-3H3,(H,7,8);/q;+1/p-1. The maximum Gasteiger partial charge on any atom is 1.00 e. The molecule has 0 bridgehead atoms. The molecule has 1 amide bonds. The van der Waals surface area contributed by atoms with Crippen molar-refractivity contribution in [1.29, 1.82) is 0 Å². The summed E-state index contributed by atoms with van der Waals surface area (Å²) in [5.74, 6) is 0. The average molecular weight is 174 g/mol. The van der Waals surface area contributed by atoms with Crippen LogP contribution in [0.4, 0.5) is 4.79 Å². The fraction of sp³-hybridized carbons (Fsp3) is 0.800. The molecule has 0 radical (unpaired) electrons. The van der Waals surface area contributed by atoms with E-state index in [0.29, 0.717) is 0 Å². The fourth-order valence-corrected chi connectivity index (χ4v) is 0.314. The third-order valence-corrected chi connectivity index (χ3v) is 0.601. The molecule has 0 aliphatic heterocycles. The van der Waals surface area contributed by atoms with Crippen LogP contribution in [0.25, 0.3) is 4.84 Å². The minimum absolute atomic E-state index is 0. The molecule has 0 saturated heterocycles. The summed E-state index contributed by atoms with van der Waals surface area (Å²) in [5.41, 5.74) is -0.504. The Morgan fingerprint density at radius 3 is 2.00 bits per heavy atom. The first-order valence-corrected chi connectivity index (χ1v) is 2.84. The van der Waals surface area contributed by atoms with Gasteiger partial charge in [0.25, 0.3) is 0 Å². The first-order valence-electron chi connectivity index (χ1n) is 2.51. The van der Waals surface area contributed by atoms with Gasteiger partial charge in [-0.1, -0.05) is 0 Å². The van der Waals surface area contributed by atoms with Crippen LogP contribution in [-0.4, -0.2) is 11.7 Å². The van der Waals surface area contributed by atoms with Gasteiger partial charge in [-0.05, 0) is 20.8 Å². The summed E-state index contributed by atoms with van der Waals surface area (Å²) in [4.78, 5) is 13.1. The molecule has 0 fully saturated rings. The molecule has 3 nitrogen and oxygen atoms in total. The second-order valence-corrected chi connectivity index (χ2v) is 2.73. The Kier molecular flexibility index (Phi) is 6.90. The van der Waals surface area contributed by atoms with Crippen LogP contribution in [0.15, 0.2) is 0 Å². The molecule has 0 unspecified atom stereocenters. The number of nitrogens with zero attached hydrogens (tertiary/aromatic N) is 1. The molecule has 0 aliphatic rings. The van der Waals surface area contributed by atoms with Crippen molar-refractivity contribution >= 4 is 17.9 Å². The van der Waals surface area contributed by atoms with Crippen LogP contribution >= 0.6 is 11.8 Å². The number of hydrogen-bond acceptors (Lipinski definition) is 2. The summed E-state index contributed by atoms with van der Waals surface area (Å²) in [7, 11) is 0. The molecule has 0 rings (SSSR count). The second-order valence-electron chi connectivity index (χ2n) is 2.56. The first kappa shape index (κ1) is 13.2. The number of ether oxygens (including phenoxy) is 1. The van der Waals surface area contributed by atoms with Crippen molar-refractivity contribution in [3.05, 3.63) is 4.84 Å². The summed E-state index contributed by atoms with van der Waals surface area (Å²) in [6.07, 6.45) is -0.746. The van der Waals surface area contributed by atoms with Crippen molar-refractivity contribution in [2.45, 2.75) is 26.4 Å². The Balaban J connectivity index is 0. The van der Waals surface area contributed by atoms with Crippen molar-refractivity contribution in [3.63, 3.8) is 0 Å². The van der Waals surface area contributed by atoms with Crippen molar-refractivity contribution in [1.82, 2.24) is 0 Å². The van der Waals surface area contributed by atoms with E-state index >= 15 is 0 Å². The number of hydrogen-bond donors (Lipinski definition) is 0. The Bertz CT molecular complexity index is 113. The molecular weight excluding hydrogens is 165 g/mol. The van der Waals surface area contributed by atoms with Gasteiger partial charge in [0, 0.05) is 0 Å². The monoisotopic (exact) mass is 173 g/mol. The summed E-state index contributed by atoms with van der Waals surface area (Å²) < 4.78 is 4.65. The fourth-order valence-electron chi connectivity index (χ4n) is 0.279. The molecule has 0 aromatic heterocycles. The molecule has 0 N–H and O–H groups in total. The van der Waals surface area contributed by atoms with Crippen molar-refractivity contribution < 1.29 is 39.1 Å². The number of carbonyl (C=O) groups excluding carboxylic acids is 1. The molecule has 0 spiro atoms. The van der Waals surface area contributed by atoms with E-state index in [1.165, 1.54) is 0 Å². The Hall–Kier alpha value is 0.560. The van der Waals surface area contributed by atoms with E-state index in [1.807, 2.05) is 0 Å². The van der Waals surface area contributed by atoms with Crippen LogP contribution in [0, 0.1) is 0 Å². The van der Waals surface area contributed by atoms with E-state index in [9.17, 15) is 4.79 Å². The zero-order valence-electron chi connectivity index (χ0n) is 6.64. The maximum absolute atomic E-state index is 10.3. The largest absolute Gasteiger partial charge is 1.00 e. The van der Waals surface area contributed by atoms with Crippen molar-refractivity contribution in [2.24, 2.45) is 0 Å². The first-order chi connectivity index (χ1) is 3.95. The zero-order valence-corrected chi connectivity index (χ0v) is 9.40. The summed E-state index contributed by atoms with van der Waals surface area (Å²) >= 11 is 4.81. The van der Waals surface area contributed by atoms with Crippen LogP contribution in [0.5, 0.6) is 0 Å². The minimum atomic E-state index is -0.746. The second kappa shape index (κ2) is 5.24. The molecule has 0 aromatic carbocycles. The van der Waals surface area contributed by atoms with Gasteiger partial charge in [0.15, 0.2) is 0 Å². The molecule has 0 atom stereocenters. The number of halogens is 1. The van der Waals surface area contributed by atoms with Gasteiger partial charge in [-0.15, -0.1) is 0 Å². The number of carbonyl (C=O) groups is 1. The van der Waals surface area contributed by atoms with Gasteiger partial charge in [-0.3, -0.25) is 4.79 Å². The normalized spacial score (nSPS) is 9.60. The van der Waals surface area contributed by atoms with Gasteiger partial charge in [-0.2, -0.15) is 0 Å². The Morgan fingerprint density at radius 1 is 1.50 bits per heavy atom. The summed E-state index contributed by atoms with van der Waals surface area (Å²) in [6.45, 7) is 5.23. The van der Waals surface area contributed by atoms with Gasteiger partial charge in [0.1, 0.15) is 5.60 Å². The van der Waals surface area contributed by atoms with E-state index < -0.39 is 11.7 Å². The smallest absolute Gasteiger partial charge is 0.534 e. The molecule has 54 valence electrons. The predicted molar refractivity (Wildman–Crippen MR) is 35.4 cm³/mol. The van der Waals surface area contributed by atoms with Crippen LogP contribution in [0.2, 0.25) is 0 Å². The van der Waals surface area contributed by atoms with Gasteiger partial charge in [0.05, 0.1) is 0 Å². The zero-order chi connectivity index (χ0) is 7.49. The van der Waals surface area contributed by atoms with Crippen LogP contribution in [0.3, 0.4) is 0 Å². The maximum atomic E-state index is 10.3. The van der Waals surface area contributed by atoms with Crippen LogP contribution < -0.4 is 29.6 Å². The predicted octanol–water partition coefficient (Wildman–Crippen LogP) is -0.547. The van der Waals surface area contributed by atoms with Gasteiger partial charge in [0.2, 0.25) is 6.09 Å². The topological polar surface area (TPSA) is 40.4 Å². The molecular formula is C5H9ClNNaO2. The molecule has 5 heteroatoms. The van der Waals surface area contributed by atoms with Crippen molar-refractivity contribution in [3.8, 4) is 0 Å². The van der Waals surface area contributed by atoms with E-state index in [2.05, 4.69) is 9.57 Å². The number of rotatable bonds is 0. The van der Waals surface area contributed by atoms with E-state index in [1.54, 1.807) is 20.8 Å². The van der Waals surface area contributed by atoms with Crippen molar-refractivity contribution in [2.75, 3.05) is 0 Å². The van der Waals surface area contributed by atoms with Crippen LogP contribution in [-0.2, 0) is 4.74 Å². The third-order valence-electron chi connectivity index (χ3n) is 0.463. The van der Waals surface area contributed by atoms with Gasteiger partial charge < -0.3 is 9.57 Å². The Labute approximate surface area is 87.9 Å². The molecule has 0 aromatic rings. The third kappa shape index (κ3) is 8.56. The summed E-state index contributed by atoms with van der Waals surface area (Å²) in [6, 6.07) is 0. The Morgan fingerprint density at radius 2 is 1.90 bits per heavy atom. The molecule has 0 heterocycles.